The number of carboxylic acid groups (broad SMARTS) is 1. The van der Waals surface area contributed by atoms with Gasteiger partial charge in [-0.3, -0.25) is 9.59 Å². The Hall–Kier alpha value is -1.92. The molecule has 0 radical (unpaired) electrons. The maximum atomic E-state index is 12.0. The minimum Gasteiger partial charge on any atom is -0.481 e. The van der Waals surface area contributed by atoms with Crippen LogP contribution in [0.5, 0.6) is 0 Å². The molecular weight excluding hydrogens is 286 g/mol. The van der Waals surface area contributed by atoms with Gasteiger partial charge in [-0.15, -0.1) is 0 Å². The van der Waals surface area contributed by atoms with Crippen LogP contribution in [0.4, 0.5) is 0 Å². The molecule has 1 heterocycles. The van der Waals surface area contributed by atoms with Crippen LogP contribution in [0.3, 0.4) is 0 Å². The number of hydrogen-bond acceptors (Lipinski definition) is 4. The van der Waals surface area contributed by atoms with Gasteiger partial charge >= 0.3 is 5.97 Å². The minimum absolute atomic E-state index is 0.0862. The lowest BCUT2D eigenvalue weighted by atomic mass is 9.86. The molecule has 1 aromatic carbocycles. The van der Waals surface area contributed by atoms with Crippen molar-refractivity contribution in [3.8, 4) is 0 Å². The highest BCUT2D eigenvalue weighted by Gasteiger charge is 2.36. The lowest BCUT2D eigenvalue weighted by Gasteiger charge is -2.36. The summed E-state index contributed by atoms with van der Waals surface area (Å²) in [5.41, 5.74) is 0.263. The molecule has 1 fully saturated rings. The van der Waals surface area contributed by atoms with Gasteiger partial charge in [0.1, 0.15) is 6.61 Å². The number of carboxylic acids is 1. The standard InChI is InChI=1S/C16H21NO5/c18-14(12-22-11-13-4-2-1-3-5-13)17-16(10-15(19)20)6-8-21-9-7-16/h1-5H,6-12H2,(H,17,18)(H,19,20). The van der Waals surface area contributed by atoms with E-state index in [-0.39, 0.29) is 18.9 Å². The summed E-state index contributed by atoms with van der Waals surface area (Å²) in [7, 11) is 0. The SMILES string of the molecule is O=C(O)CC1(NC(=O)COCc2ccccc2)CCOCC1. The Bertz CT molecular complexity index is 497. The molecule has 0 atom stereocenters. The first-order chi connectivity index (χ1) is 10.6. The van der Waals surface area contributed by atoms with Crippen LogP contribution in [-0.4, -0.2) is 42.3 Å². The molecule has 22 heavy (non-hydrogen) atoms. The Balaban J connectivity index is 1.81. The van der Waals surface area contributed by atoms with Crippen molar-refractivity contribution in [2.45, 2.75) is 31.4 Å². The van der Waals surface area contributed by atoms with Crippen LogP contribution in [0.15, 0.2) is 30.3 Å². The highest BCUT2D eigenvalue weighted by Crippen LogP contribution is 2.24. The second-order valence-corrected chi connectivity index (χ2v) is 5.49. The van der Waals surface area contributed by atoms with Crippen molar-refractivity contribution in [1.82, 2.24) is 5.32 Å². The van der Waals surface area contributed by atoms with E-state index >= 15 is 0 Å². The average molecular weight is 307 g/mol. The number of carbonyl (C=O) groups is 2. The molecule has 1 aliphatic heterocycles. The Morgan fingerprint density at radius 3 is 2.55 bits per heavy atom. The molecule has 6 nitrogen and oxygen atoms in total. The summed E-state index contributed by atoms with van der Waals surface area (Å²) < 4.78 is 10.6. The van der Waals surface area contributed by atoms with Gasteiger partial charge in [-0.25, -0.2) is 0 Å². The van der Waals surface area contributed by atoms with Gasteiger partial charge in [-0.2, -0.15) is 0 Å². The van der Waals surface area contributed by atoms with Crippen molar-refractivity contribution in [2.24, 2.45) is 0 Å². The van der Waals surface area contributed by atoms with E-state index in [1.165, 1.54) is 0 Å². The first-order valence-electron chi connectivity index (χ1n) is 7.32. The lowest BCUT2D eigenvalue weighted by Crippen LogP contribution is -2.54. The topological polar surface area (TPSA) is 84.9 Å². The maximum absolute atomic E-state index is 12.0. The van der Waals surface area contributed by atoms with Crippen LogP contribution in [-0.2, 0) is 25.7 Å². The molecule has 0 aromatic heterocycles. The molecule has 2 N–H and O–H groups in total. The number of nitrogens with one attached hydrogen (secondary N) is 1. The van der Waals surface area contributed by atoms with Gasteiger partial charge in [0, 0.05) is 13.2 Å². The third kappa shape index (κ3) is 5.13. The third-order valence-corrected chi connectivity index (χ3v) is 3.69. The van der Waals surface area contributed by atoms with Crippen molar-refractivity contribution >= 4 is 11.9 Å². The molecule has 1 amide bonds. The predicted octanol–water partition coefficient (Wildman–Crippen LogP) is 1.34. The fraction of sp³-hybridized carbons (Fsp3) is 0.500. The summed E-state index contributed by atoms with van der Waals surface area (Å²) in [4.78, 5) is 23.0. The lowest BCUT2D eigenvalue weighted by molar-refractivity contribution is -0.141. The Morgan fingerprint density at radius 2 is 1.91 bits per heavy atom. The van der Waals surface area contributed by atoms with Crippen molar-refractivity contribution in [3.05, 3.63) is 35.9 Å². The first kappa shape index (κ1) is 16.5. The summed E-state index contributed by atoms with van der Waals surface area (Å²) in [5, 5.41) is 11.9. The zero-order valence-electron chi connectivity index (χ0n) is 12.4. The molecule has 2 rings (SSSR count). The normalized spacial score (nSPS) is 16.9. The quantitative estimate of drug-likeness (QED) is 0.794. The molecule has 1 saturated heterocycles. The molecule has 6 heteroatoms. The van der Waals surface area contributed by atoms with Gasteiger partial charge < -0.3 is 19.9 Å². The predicted molar refractivity (Wildman–Crippen MR) is 79.3 cm³/mol. The fourth-order valence-corrected chi connectivity index (χ4v) is 2.57. The molecule has 0 unspecified atom stereocenters. The molecule has 0 aliphatic carbocycles. The summed E-state index contributed by atoms with van der Waals surface area (Å²) in [6.45, 7) is 1.18. The molecule has 0 spiro atoms. The van der Waals surface area contributed by atoms with E-state index in [0.29, 0.717) is 32.7 Å². The summed E-state index contributed by atoms with van der Waals surface area (Å²) >= 11 is 0. The number of amides is 1. The Kier molecular flexibility index (Phi) is 5.91. The number of benzene rings is 1. The van der Waals surface area contributed by atoms with Gasteiger partial charge in [-0.1, -0.05) is 30.3 Å². The summed E-state index contributed by atoms with van der Waals surface area (Å²) in [6.07, 6.45) is 0.911. The Morgan fingerprint density at radius 1 is 1.23 bits per heavy atom. The smallest absolute Gasteiger partial charge is 0.305 e. The van der Waals surface area contributed by atoms with E-state index in [1.54, 1.807) is 0 Å². The van der Waals surface area contributed by atoms with E-state index in [0.717, 1.165) is 5.56 Å². The van der Waals surface area contributed by atoms with E-state index < -0.39 is 11.5 Å². The molecule has 1 aromatic rings. The van der Waals surface area contributed by atoms with E-state index in [2.05, 4.69) is 5.32 Å². The van der Waals surface area contributed by atoms with Crippen molar-refractivity contribution in [3.63, 3.8) is 0 Å². The number of ether oxygens (including phenoxy) is 2. The first-order valence-corrected chi connectivity index (χ1v) is 7.32. The fourth-order valence-electron chi connectivity index (χ4n) is 2.57. The third-order valence-electron chi connectivity index (χ3n) is 3.69. The van der Waals surface area contributed by atoms with Crippen LogP contribution >= 0.6 is 0 Å². The van der Waals surface area contributed by atoms with Crippen LogP contribution in [0, 0.1) is 0 Å². The maximum Gasteiger partial charge on any atom is 0.305 e. The van der Waals surface area contributed by atoms with E-state index in [1.807, 2.05) is 30.3 Å². The molecule has 120 valence electrons. The summed E-state index contributed by atoms with van der Waals surface area (Å²) in [6, 6.07) is 9.56. The number of hydrogen-bond donors (Lipinski definition) is 2. The Labute approximate surface area is 129 Å². The van der Waals surface area contributed by atoms with Crippen molar-refractivity contribution < 1.29 is 24.2 Å². The van der Waals surface area contributed by atoms with Crippen LogP contribution < -0.4 is 5.32 Å². The average Bonchev–Trinajstić information content (AvgIpc) is 2.48. The van der Waals surface area contributed by atoms with Crippen molar-refractivity contribution in [1.29, 1.82) is 0 Å². The highest BCUT2D eigenvalue weighted by molar-refractivity contribution is 5.79. The van der Waals surface area contributed by atoms with E-state index in [9.17, 15) is 9.59 Å². The van der Waals surface area contributed by atoms with Gasteiger partial charge in [-0.05, 0) is 18.4 Å². The molecular formula is C16H21NO5. The number of rotatable bonds is 7. The second-order valence-electron chi connectivity index (χ2n) is 5.49. The monoisotopic (exact) mass is 307 g/mol. The van der Waals surface area contributed by atoms with Gasteiger partial charge in [0.25, 0.3) is 0 Å². The zero-order chi connectivity index (χ0) is 15.8. The minimum atomic E-state index is -0.924. The largest absolute Gasteiger partial charge is 0.481 e. The van der Waals surface area contributed by atoms with Gasteiger partial charge in [0.15, 0.2) is 0 Å². The van der Waals surface area contributed by atoms with Crippen LogP contribution in [0.2, 0.25) is 0 Å². The van der Waals surface area contributed by atoms with Crippen LogP contribution in [0.1, 0.15) is 24.8 Å². The number of carbonyl (C=O) groups excluding carboxylic acids is 1. The van der Waals surface area contributed by atoms with Crippen molar-refractivity contribution in [2.75, 3.05) is 19.8 Å². The van der Waals surface area contributed by atoms with Crippen LogP contribution in [0.25, 0.3) is 0 Å². The highest BCUT2D eigenvalue weighted by atomic mass is 16.5. The van der Waals surface area contributed by atoms with Gasteiger partial charge in [0.2, 0.25) is 5.91 Å². The van der Waals surface area contributed by atoms with E-state index in [4.69, 9.17) is 14.6 Å². The second kappa shape index (κ2) is 7.91. The molecule has 0 bridgehead atoms. The molecule has 0 saturated carbocycles. The van der Waals surface area contributed by atoms with Gasteiger partial charge in [0.05, 0.1) is 18.6 Å². The zero-order valence-corrected chi connectivity index (χ0v) is 12.4. The summed E-state index contributed by atoms with van der Waals surface area (Å²) in [5.74, 6) is -1.22. The number of aliphatic carboxylic acids is 1. The molecule has 1 aliphatic rings.